The van der Waals surface area contributed by atoms with Crippen molar-refractivity contribution in [3.05, 3.63) is 0 Å². The molecule has 1 heterocycles. The van der Waals surface area contributed by atoms with E-state index >= 15 is 0 Å². The zero-order chi connectivity index (χ0) is 6.91. The molecule has 0 saturated carbocycles. The van der Waals surface area contributed by atoms with Crippen LogP contribution in [-0.4, -0.2) is 21.2 Å². The molecule has 0 bridgehead atoms. The zero-order valence-electron chi connectivity index (χ0n) is 4.81. The molecule has 0 aromatic rings. The highest BCUT2D eigenvalue weighted by Crippen LogP contribution is 2.33. The third kappa shape index (κ3) is 1.67. The van der Waals surface area contributed by atoms with E-state index in [2.05, 4.69) is 31.9 Å². The normalized spacial score (nSPS) is 36.0. The van der Waals surface area contributed by atoms with Gasteiger partial charge in [-0.3, -0.25) is 0 Å². The lowest BCUT2D eigenvalue weighted by Crippen LogP contribution is -2.33. The second-order valence-electron chi connectivity index (χ2n) is 2.10. The fourth-order valence-corrected chi connectivity index (χ4v) is 1.54. The summed E-state index contributed by atoms with van der Waals surface area (Å²) < 4.78 is 4.91. The molecule has 1 unspecified atom stereocenters. The van der Waals surface area contributed by atoms with Gasteiger partial charge in [-0.1, -0.05) is 31.9 Å². The molecule has 1 atom stereocenters. The predicted octanol–water partition coefficient (Wildman–Crippen LogP) is 1.60. The van der Waals surface area contributed by atoms with Crippen LogP contribution in [0.25, 0.3) is 0 Å². The Morgan fingerprint density at radius 1 is 1.56 bits per heavy atom. The highest BCUT2D eigenvalue weighted by molar-refractivity contribution is 9.24. The SMILES string of the molecule is OC1(C(Br)Br)CCCO1. The maximum Gasteiger partial charge on any atom is 0.188 e. The molecule has 1 aliphatic rings. The molecule has 0 spiro atoms. The minimum Gasteiger partial charge on any atom is -0.364 e. The molecule has 1 aliphatic heterocycles. The monoisotopic (exact) mass is 258 g/mol. The summed E-state index contributed by atoms with van der Waals surface area (Å²) in [7, 11) is 0. The first-order valence-corrected chi connectivity index (χ1v) is 4.63. The van der Waals surface area contributed by atoms with Crippen LogP contribution >= 0.6 is 31.9 Å². The van der Waals surface area contributed by atoms with Gasteiger partial charge in [0.05, 0.1) is 6.61 Å². The minimum absolute atomic E-state index is 0.153. The van der Waals surface area contributed by atoms with Gasteiger partial charge in [0.2, 0.25) is 0 Å². The van der Waals surface area contributed by atoms with Crippen LogP contribution in [0.3, 0.4) is 0 Å². The van der Waals surface area contributed by atoms with Crippen molar-refractivity contribution in [2.24, 2.45) is 0 Å². The molecule has 0 aromatic carbocycles. The molecule has 1 N–H and O–H groups in total. The van der Waals surface area contributed by atoms with Gasteiger partial charge < -0.3 is 9.84 Å². The highest BCUT2D eigenvalue weighted by Gasteiger charge is 2.37. The number of hydrogen-bond acceptors (Lipinski definition) is 2. The predicted molar refractivity (Wildman–Crippen MR) is 41.8 cm³/mol. The molecule has 4 heteroatoms. The number of ether oxygens (including phenoxy) is 1. The van der Waals surface area contributed by atoms with Crippen LogP contribution < -0.4 is 0 Å². The second-order valence-corrected chi connectivity index (χ2v) is 5.16. The van der Waals surface area contributed by atoms with Gasteiger partial charge in [-0.2, -0.15) is 0 Å². The largest absolute Gasteiger partial charge is 0.364 e. The Labute approximate surface area is 70.8 Å². The summed E-state index contributed by atoms with van der Waals surface area (Å²) in [5.74, 6) is -0.972. The zero-order valence-corrected chi connectivity index (χ0v) is 7.98. The van der Waals surface area contributed by atoms with Crippen LogP contribution in [-0.2, 0) is 4.74 Å². The van der Waals surface area contributed by atoms with Crippen LogP contribution in [0.15, 0.2) is 0 Å². The Morgan fingerprint density at radius 3 is 2.44 bits per heavy atom. The number of halogens is 2. The van der Waals surface area contributed by atoms with Gasteiger partial charge in [-0.05, 0) is 6.42 Å². The van der Waals surface area contributed by atoms with Gasteiger partial charge in [-0.15, -0.1) is 0 Å². The van der Waals surface area contributed by atoms with Crippen LogP contribution in [0.4, 0.5) is 0 Å². The van der Waals surface area contributed by atoms with E-state index < -0.39 is 5.79 Å². The van der Waals surface area contributed by atoms with Gasteiger partial charge in [0.25, 0.3) is 0 Å². The number of hydrogen-bond donors (Lipinski definition) is 1. The first kappa shape index (κ1) is 7.98. The third-order valence-electron chi connectivity index (χ3n) is 1.37. The fraction of sp³-hybridized carbons (Fsp3) is 1.00. The molecule has 0 aliphatic carbocycles. The summed E-state index contributed by atoms with van der Waals surface area (Å²) in [5.41, 5.74) is 0. The van der Waals surface area contributed by atoms with Crippen molar-refractivity contribution in [3.8, 4) is 0 Å². The summed E-state index contributed by atoms with van der Waals surface area (Å²) in [6.07, 6.45) is 1.64. The van der Waals surface area contributed by atoms with Gasteiger partial charge in [0.1, 0.15) is 3.74 Å². The molecule has 2 nitrogen and oxygen atoms in total. The summed E-state index contributed by atoms with van der Waals surface area (Å²) in [6, 6.07) is 0. The lowest BCUT2D eigenvalue weighted by atomic mass is 10.2. The van der Waals surface area contributed by atoms with E-state index in [0.717, 1.165) is 6.42 Å². The first-order chi connectivity index (χ1) is 4.15. The Morgan fingerprint density at radius 2 is 2.22 bits per heavy atom. The van der Waals surface area contributed by atoms with Crippen LogP contribution in [0, 0.1) is 0 Å². The molecule has 0 amide bonds. The van der Waals surface area contributed by atoms with Crippen LogP contribution in [0.1, 0.15) is 12.8 Å². The molecule has 9 heavy (non-hydrogen) atoms. The van der Waals surface area contributed by atoms with E-state index in [-0.39, 0.29) is 3.74 Å². The highest BCUT2D eigenvalue weighted by atomic mass is 79.9. The van der Waals surface area contributed by atoms with Gasteiger partial charge >= 0.3 is 0 Å². The quantitative estimate of drug-likeness (QED) is 0.725. The number of alkyl halides is 2. The van der Waals surface area contributed by atoms with Gasteiger partial charge in [0.15, 0.2) is 5.79 Å². The van der Waals surface area contributed by atoms with E-state index in [0.29, 0.717) is 13.0 Å². The molecule has 1 saturated heterocycles. The summed E-state index contributed by atoms with van der Waals surface area (Å²) in [4.78, 5) is 0. The smallest absolute Gasteiger partial charge is 0.188 e. The number of rotatable bonds is 1. The molecule has 54 valence electrons. The van der Waals surface area contributed by atoms with Crippen LogP contribution in [0.2, 0.25) is 0 Å². The summed E-state index contributed by atoms with van der Waals surface area (Å²) in [5, 5.41) is 9.45. The lowest BCUT2D eigenvalue weighted by molar-refractivity contribution is -0.154. The molecule has 0 aromatic heterocycles. The van der Waals surface area contributed by atoms with Crippen molar-refractivity contribution in [1.82, 2.24) is 0 Å². The van der Waals surface area contributed by atoms with Gasteiger partial charge in [0, 0.05) is 6.42 Å². The third-order valence-corrected chi connectivity index (χ3v) is 2.80. The average Bonchev–Trinajstić information content (AvgIpc) is 2.16. The Balaban J connectivity index is 2.51. The maximum absolute atomic E-state index is 9.45. The Kier molecular flexibility index (Phi) is 2.54. The van der Waals surface area contributed by atoms with Crippen molar-refractivity contribution in [2.75, 3.05) is 6.61 Å². The number of aliphatic hydroxyl groups is 1. The van der Waals surface area contributed by atoms with Crippen LogP contribution in [0.5, 0.6) is 0 Å². The Bertz CT molecular complexity index is 99.1. The molecular formula is C5H8Br2O2. The second kappa shape index (κ2) is 2.86. The van der Waals surface area contributed by atoms with Crippen molar-refractivity contribution in [3.63, 3.8) is 0 Å². The standard InChI is InChI=1S/C5H8Br2O2/c6-4(7)5(8)2-1-3-9-5/h4,8H,1-3H2. The fourth-order valence-electron chi connectivity index (χ4n) is 0.819. The Hall–Kier alpha value is 0.880. The molecular weight excluding hydrogens is 252 g/mol. The van der Waals surface area contributed by atoms with E-state index in [4.69, 9.17) is 4.74 Å². The van der Waals surface area contributed by atoms with Crippen molar-refractivity contribution in [2.45, 2.75) is 22.4 Å². The minimum atomic E-state index is -0.972. The maximum atomic E-state index is 9.45. The van der Waals surface area contributed by atoms with E-state index in [9.17, 15) is 5.11 Å². The van der Waals surface area contributed by atoms with E-state index in [1.165, 1.54) is 0 Å². The first-order valence-electron chi connectivity index (χ1n) is 2.80. The van der Waals surface area contributed by atoms with E-state index in [1.54, 1.807) is 0 Å². The summed E-state index contributed by atoms with van der Waals surface area (Å²) in [6.45, 7) is 0.657. The molecule has 1 rings (SSSR count). The van der Waals surface area contributed by atoms with Gasteiger partial charge in [-0.25, -0.2) is 0 Å². The topological polar surface area (TPSA) is 29.5 Å². The average molecular weight is 260 g/mol. The van der Waals surface area contributed by atoms with E-state index in [1.807, 2.05) is 0 Å². The lowest BCUT2D eigenvalue weighted by Gasteiger charge is -2.22. The molecule has 0 radical (unpaired) electrons. The van der Waals surface area contributed by atoms with Crippen molar-refractivity contribution in [1.29, 1.82) is 0 Å². The van der Waals surface area contributed by atoms with Crippen molar-refractivity contribution >= 4 is 31.9 Å². The summed E-state index contributed by atoms with van der Waals surface area (Å²) >= 11 is 6.40. The van der Waals surface area contributed by atoms with Crippen molar-refractivity contribution < 1.29 is 9.84 Å². The molecule has 1 fully saturated rings.